The smallest absolute Gasteiger partial charge is 0.266 e. The van der Waals surface area contributed by atoms with Crippen LogP contribution >= 0.6 is 0 Å². The second-order valence-corrected chi connectivity index (χ2v) is 14.6. The number of nitrogen functional groups attached to an aromatic ring is 2. The van der Waals surface area contributed by atoms with Gasteiger partial charge < -0.3 is 11.5 Å². The molecular formula is C42H24N6O6S. The van der Waals surface area contributed by atoms with E-state index in [0.29, 0.717) is 22.5 Å². The van der Waals surface area contributed by atoms with Crippen molar-refractivity contribution in [3.8, 4) is 34.4 Å². The van der Waals surface area contributed by atoms with Gasteiger partial charge in [-0.1, -0.05) is 36.4 Å². The summed E-state index contributed by atoms with van der Waals surface area (Å²) in [4.78, 5) is 54.9. The summed E-state index contributed by atoms with van der Waals surface area (Å²) in [5, 5.41) is 20.4. The highest BCUT2D eigenvalue weighted by atomic mass is 32.2. The molecule has 0 atom stereocenters. The second kappa shape index (κ2) is 12.7. The van der Waals surface area contributed by atoms with Gasteiger partial charge in [0, 0.05) is 11.4 Å². The number of sulfone groups is 1. The van der Waals surface area contributed by atoms with E-state index in [4.69, 9.17) is 11.5 Å². The number of fused-ring (bicyclic) bond motifs is 2. The quantitative estimate of drug-likeness (QED) is 0.143. The Morgan fingerprint density at radius 3 is 1.40 bits per heavy atom. The SMILES string of the molecule is N#Cc1c(N2C(=O)c3ccc(-c4ccc(N)cc4)cc3C2=O)ccc(S(=O)(=O)c2ccc(N3C(=O)c4ccc(-c5ccc(N)cc5)cc4C3=O)cc2)c1C#N. The highest BCUT2D eigenvalue weighted by Crippen LogP contribution is 2.38. The lowest BCUT2D eigenvalue weighted by atomic mass is 10.00. The van der Waals surface area contributed by atoms with Crippen LogP contribution in [0.2, 0.25) is 0 Å². The number of rotatable bonds is 6. The molecule has 4 amide bonds. The van der Waals surface area contributed by atoms with Crippen molar-refractivity contribution in [3.05, 3.63) is 155 Å². The first kappa shape index (κ1) is 34.2. The average molecular weight is 741 g/mol. The van der Waals surface area contributed by atoms with Crippen molar-refractivity contribution in [1.29, 1.82) is 10.5 Å². The molecule has 2 aliphatic rings. The lowest BCUT2D eigenvalue weighted by Crippen LogP contribution is -2.30. The zero-order chi connectivity index (χ0) is 38.8. The van der Waals surface area contributed by atoms with Crippen LogP contribution in [0, 0.1) is 22.7 Å². The maximum atomic E-state index is 14.0. The predicted octanol–water partition coefficient (Wildman–Crippen LogP) is 6.36. The molecule has 0 aliphatic carbocycles. The van der Waals surface area contributed by atoms with E-state index in [9.17, 15) is 38.1 Å². The fraction of sp³-hybridized carbons (Fsp3) is 0. The Kier molecular flexibility index (Phi) is 7.88. The number of amides is 4. The largest absolute Gasteiger partial charge is 0.399 e. The Labute approximate surface area is 313 Å². The number of carbonyl (C=O) groups is 4. The molecule has 0 unspecified atom stereocenters. The second-order valence-electron chi connectivity index (χ2n) is 12.7. The van der Waals surface area contributed by atoms with E-state index in [1.165, 1.54) is 30.3 Å². The standard InChI is InChI=1S/C42H24N6O6S/c43-21-35-36(22-44)38(18-17-37(35)48-40(50)32-16-6-26(20-34(32)42(48)52)24-3-9-28(46)10-4-24)55(53,54)30-13-11-29(12-14-30)47-39(49)31-15-5-25(19-33(31)41(47)51)23-1-7-27(45)8-2-23/h1-20H,45-46H2. The van der Waals surface area contributed by atoms with Gasteiger partial charge in [0.05, 0.1) is 54.5 Å². The molecule has 2 aliphatic heterocycles. The van der Waals surface area contributed by atoms with Crippen molar-refractivity contribution < 1.29 is 27.6 Å². The summed E-state index contributed by atoms with van der Waals surface area (Å²) in [6, 6.07) is 34.3. The molecule has 264 valence electrons. The van der Waals surface area contributed by atoms with Crippen LogP contribution in [0.4, 0.5) is 22.7 Å². The van der Waals surface area contributed by atoms with Gasteiger partial charge in [-0.3, -0.25) is 19.2 Å². The van der Waals surface area contributed by atoms with Crippen molar-refractivity contribution in [3.63, 3.8) is 0 Å². The van der Waals surface area contributed by atoms with E-state index in [0.717, 1.165) is 33.1 Å². The van der Waals surface area contributed by atoms with Gasteiger partial charge >= 0.3 is 0 Å². The highest BCUT2D eigenvalue weighted by Gasteiger charge is 2.40. The van der Waals surface area contributed by atoms with Gasteiger partial charge in [-0.2, -0.15) is 10.5 Å². The molecule has 0 saturated heterocycles. The molecule has 12 nitrogen and oxygen atoms in total. The van der Waals surface area contributed by atoms with E-state index in [1.807, 2.05) is 6.07 Å². The Balaban J connectivity index is 1.09. The lowest BCUT2D eigenvalue weighted by molar-refractivity contribution is 0.0910. The van der Waals surface area contributed by atoms with Crippen LogP contribution in [0.5, 0.6) is 0 Å². The van der Waals surface area contributed by atoms with Crippen LogP contribution in [0.3, 0.4) is 0 Å². The van der Waals surface area contributed by atoms with E-state index >= 15 is 0 Å². The maximum absolute atomic E-state index is 14.0. The summed E-state index contributed by atoms with van der Waals surface area (Å²) in [7, 11) is -4.50. The topological polar surface area (TPSA) is 209 Å². The number of anilines is 4. The van der Waals surface area contributed by atoms with Crippen LogP contribution in [0.15, 0.2) is 131 Å². The van der Waals surface area contributed by atoms with Crippen molar-refractivity contribution in [2.45, 2.75) is 9.79 Å². The van der Waals surface area contributed by atoms with E-state index in [-0.39, 0.29) is 38.5 Å². The third kappa shape index (κ3) is 5.39. The normalized spacial score (nSPS) is 13.4. The van der Waals surface area contributed by atoms with E-state index < -0.39 is 49.5 Å². The minimum atomic E-state index is -4.50. The predicted molar refractivity (Wildman–Crippen MR) is 203 cm³/mol. The maximum Gasteiger partial charge on any atom is 0.266 e. The Bertz CT molecular complexity index is 2890. The van der Waals surface area contributed by atoms with Crippen LogP contribution in [-0.2, 0) is 9.84 Å². The molecule has 0 spiro atoms. The summed E-state index contributed by atoms with van der Waals surface area (Å²) >= 11 is 0. The highest BCUT2D eigenvalue weighted by molar-refractivity contribution is 7.91. The molecule has 13 heteroatoms. The zero-order valence-corrected chi connectivity index (χ0v) is 29.2. The summed E-state index contributed by atoms with van der Waals surface area (Å²) < 4.78 is 28.0. The molecule has 55 heavy (non-hydrogen) atoms. The van der Waals surface area contributed by atoms with Crippen LogP contribution in [0.25, 0.3) is 22.3 Å². The third-order valence-electron chi connectivity index (χ3n) is 9.57. The molecule has 0 radical (unpaired) electrons. The first-order valence-electron chi connectivity index (χ1n) is 16.5. The molecule has 0 bridgehead atoms. The van der Waals surface area contributed by atoms with Gasteiger partial charge in [0.25, 0.3) is 23.6 Å². The molecule has 0 saturated carbocycles. The number of nitriles is 2. The van der Waals surface area contributed by atoms with Crippen molar-refractivity contribution in [2.75, 3.05) is 21.3 Å². The molecule has 0 fully saturated rings. The number of hydrogen-bond acceptors (Lipinski definition) is 10. The van der Waals surface area contributed by atoms with Crippen molar-refractivity contribution >= 4 is 56.2 Å². The van der Waals surface area contributed by atoms with Gasteiger partial charge in [0.15, 0.2) is 0 Å². The number of imide groups is 2. The molecular weight excluding hydrogens is 717 g/mol. The number of nitrogens with zero attached hydrogens (tertiary/aromatic N) is 4. The van der Waals surface area contributed by atoms with Gasteiger partial charge in [0.2, 0.25) is 9.84 Å². The van der Waals surface area contributed by atoms with Gasteiger partial charge in [-0.05, 0) is 107 Å². The lowest BCUT2D eigenvalue weighted by Gasteiger charge is -2.18. The fourth-order valence-corrected chi connectivity index (χ4v) is 8.17. The Morgan fingerprint density at radius 2 is 0.909 bits per heavy atom. The number of carbonyl (C=O) groups excluding carboxylic acids is 4. The summed E-state index contributed by atoms with van der Waals surface area (Å²) in [5.74, 6) is -2.68. The number of nitrogens with two attached hydrogens (primary N) is 2. The third-order valence-corrected chi connectivity index (χ3v) is 11.4. The van der Waals surface area contributed by atoms with Crippen LogP contribution < -0.4 is 21.3 Å². The van der Waals surface area contributed by atoms with Gasteiger partial charge in [0.1, 0.15) is 12.1 Å². The minimum absolute atomic E-state index is 0.0683. The summed E-state index contributed by atoms with van der Waals surface area (Å²) in [5.41, 5.74) is 14.9. The molecule has 8 rings (SSSR count). The van der Waals surface area contributed by atoms with Crippen molar-refractivity contribution in [1.82, 2.24) is 0 Å². The first-order valence-corrected chi connectivity index (χ1v) is 18.0. The minimum Gasteiger partial charge on any atom is -0.399 e. The van der Waals surface area contributed by atoms with Gasteiger partial charge in [-0.25, -0.2) is 18.2 Å². The summed E-state index contributed by atoms with van der Waals surface area (Å²) in [6.45, 7) is 0. The van der Waals surface area contributed by atoms with Crippen LogP contribution in [0.1, 0.15) is 52.6 Å². The molecule has 6 aromatic carbocycles. The first-order chi connectivity index (χ1) is 26.4. The number of benzene rings is 6. The van der Waals surface area contributed by atoms with Crippen LogP contribution in [-0.4, -0.2) is 32.0 Å². The zero-order valence-electron chi connectivity index (χ0n) is 28.3. The summed E-state index contributed by atoms with van der Waals surface area (Å²) in [6.07, 6.45) is 0. The van der Waals surface area contributed by atoms with E-state index in [2.05, 4.69) is 0 Å². The number of hydrogen-bond donors (Lipinski definition) is 2. The monoisotopic (exact) mass is 740 g/mol. The Hall–Kier alpha value is -7.87. The molecule has 2 heterocycles. The van der Waals surface area contributed by atoms with E-state index in [1.54, 1.807) is 84.9 Å². The Morgan fingerprint density at radius 1 is 0.473 bits per heavy atom. The average Bonchev–Trinajstić information content (AvgIpc) is 3.60. The van der Waals surface area contributed by atoms with Crippen molar-refractivity contribution in [2.24, 2.45) is 0 Å². The molecule has 0 aromatic heterocycles. The molecule has 4 N–H and O–H groups in total. The fourth-order valence-electron chi connectivity index (χ4n) is 6.75. The van der Waals surface area contributed by atoms with Gasteiger partial charge in [-0.15, -0.1) is 0 Å². The molecule has 6 aromatic rings.